The van der Waals surface area contributed by atoms with Gasteiger partial charge in [-0.15, -0.1) is 0 Å². The van der Waals surface area contributed by atoms with E-state index >= 15 is 0 Å². The number of esters is 1. The van der Waals surface area contributed by atoms with Crippen LogP contribution in [0.3, 0.4) is 0 Å². The SMILES string of the molecule is CCOC(=O)c1c(N)nsc1N1CCC(C)(O)CC1. The van der Waals surface area contributed by atoms with Gasteiger partial charge in [0.25, 0.3) is 0 Å². The van der Waals surface area contributed by atoms with E-state index < -0.39 is 11.6 Å². The average molecular weight is 285 g/mol. The Morgan fingerprint density at radius 3 is 2.79 bits per heavy atom. The molecule has 0 aliphatic carbocycles. The first-order chi connectivity index (χ1) is 8.94. The van der Waals surface area contributed by atoms with Gasteiger partial charge < -0.3 is 20.5 Å². The maximum atomic E-state index is 11.9. The second-order valence-electron chi connectivity index (χ2n) is 4.95. The first-order valence-corrected chi connectivity index (χ1v) is 7.11. The minimum Gasteiger partial charge on any atom is -0.462 e. The van der Waals surface area contributed by atoms with Gasteiger partial charge in [0.15, 0.2) is 5.82 Å². The van der Waals surface area contributed by atoms with Gasteiger partial charge in [0.05, 0.1) is 12.2 Å². The van der Waals surface area contributed by atoms with E-state index in [1.165, 1.54) is 11.5 Å². The summed E-state index contributed by atoms with van der Waals surface area (Å²) < 4.78 is 9.06. The molecule has 2 rings (SSSR count). The minimum atomic E-state index is -0.628. The van der Waals surface area contributed by atoms with Gasteiger partial charge in [-0.25, -0.2) is 4.79 Å². The van der Waals surface area contributed by atoms with Gasteiger partial charge in [-0.1, -0.05) is 0 Å². The first kappa shape index (κ1) is 14.1. The summed E-state index contributed by atoms with van der Waals surface area (Å²) in [5, 5.41) is 10.7. The lowest BCUT2D eigenvalue weighted by Gasteiger charge is -2.36. The van der Waals surface area contributed by atoms with Crippen LogP contribution in [-0.2, 0) is 4.74 Å². The summed E-state index contributed by atoms with van der Waals surface area (Å²) in [6, 6.07) is 0. The molecule has 0 bridgehead atoms. The second kappa shape index (κ2) is 5.34. The topological polar surface area (TPSA) is 88.7 Å². The van der Waals surface area contributed by atoms with Crippen LogP contribution in [0.5, 0.6) is 0 Å². The van der Waals surface area contributed by atoms with Crippen LogP contribution in [0.25, 0.3) is 0 Å². The standard InChI is InChI=1S/C12H19N3O3S/c1-3-18-11(16)8-9(13)14-19-10(8)15-6-4-12(2,17)5-7-15/h17H,3-7H2,1-2H3,(H2,13,14). The molecule has 0 aromatic carbocycles. The van der Waals surface area contributed by atoms with Crippen LogP contribution < -0.4 is 10.6 Å². The van der Waals surface area contributed by atoms with E-state index in [9.17, 15) is 9.90 Å². The van der Waals surface area contributed by atoms with Gasteiger partial charge in [0.1, 0.15) is 10.6 Å². The minimum absolute atomic E-state index is 0.218. The van der Waals surface area contributed by atoms with E-state index in [0.717, 1.165) is 5.00 Å². The highest BCUT2D eigenvalue weighted by molar-refractivity contribution is 7.11. The molecule has 7 heteroatoms. The predicted octanol–water partition coefficient (Wildman–Crippen LogP) is 1.25. The first-order valence-electron chi connectivity index (χ1n) is 6.34. The number of piperidine rings is 1. The van der Waals surface area contributed by atoms with E-state index in [-0.39, 0.29) is 5.82 Å². The second-order valence-corrected chi connectivity index (χ2v) is 5.70. The Bertz CT molecular complexity index is 463. The molecule has 0 atom stereocenters. The molecule has 3 N–H and O–H groups in total. The van der Waals surface area contributed by atoms with Gasteiger partial charge in [0, 0.05) is 13.1 Å². The van der Waals surface area contributed by atoms with Crippen molar-refractivity contribution in [3.8, 4) is 0 Å². The molecular formula is C12H19N3O3S. The molecule has 19 heavy (non-hydrogen) atoms. The highest BCUT2D eigenvalue weighted by atomic mass is 32.1. The fourth-order valence-corrected chi connectivity index (χ4v) is 2.95. The number of aromatic nitrogens is 1. The van der Waals surface area contributed by atoms with Crippen molar-refractivity contribution in [2.24, 2.45) is 0 Å². The number of aliphatic hydroxyl groups is 1. The summed E-state index contributed by atoms with van der Waals surface area (Å²) in [6.07, 6.45) is 1.32. The average Bonchev–Trinajstić information content (AvgIpc) is 2.71. The molecular weight excluding hydrogens is 266 g/mol. The van der Waals surface area contributed by atoms with Crippen molar-refractivity contribution >= 4 is 28.3 Å². The van der Waals surface area contributed by atoms with Gasteiger partial charge >= 0.3 is 5.97 Å². The molecule has 0 unspecified atom stereocenters. The summed E-state index contributed by atoms with van der Waals surface area (Å²) in [6.45, 7) is 5.26. The molecule has 0 amide bonds. The third kappa shape index (κ3) is 2.98. The van der Waals surface area contributed by atoms with Gasteiger partial charge in [-0.2, -0.15) is 4.37 Å². The van der Waals surface area contributed by atoms with E-state index in [0.29, 0.717) is 38.1 Å². The number of nitrogen functional groups attached to an aromatic ring is 1. The van der Waals surface area contributed by atoms with Crippen molar-refractivity contribution < 1.29 is 14.6 Å². The zero-order valence-electron chi connectivity index (χ0n) is 11.2. The number of carbonyl (C=O) groups is 1. The molecule has 1 fully saturated rings. The lowest BCUT2D eigenvalue weighted by Crippen LogP contribution is -2.42. The summed E-state index contributed by atoms with van der Waals surface area (Å²) >= 11 is 1.21. The van der Waals surface area contributed by atoms with Crippen LogP contribution in [0.4, 0.5) is 10.8 Å². The van der Waals surface area contributed by atoms with Crippen molar-refractivity contribution in [3.05, 3.63) is 5.56 Å². The largest absolute Gasteiger partial charge is 0.462 e. The molecule has 106 valence electrons. The third-order valence-corrected chi connectivity index (χ3v) is 4.23. The van der Waals surface area contributed by atoms with Crippen LogP contribution in [0.2, 0.25) is 0 Å². The van der Waals surface area contributed by atoms with Gasteiger partial charge in [-0.3, -0.25) is 0 Å². The fraction of sp³-hybridized carbons (Fsp3) is 0.667. The molecule has 1 aliphatic rings. The molecule has 1 aromatic heterocycles. The number of anilines is 2. The van der Waals surface area contributed by atoms with E-state index in [1.807, 2.05) is 11.8 Å². The number of hydrogen-bond donors (Lipinski definition) is 2. The predicted molar refractivity (Wildman–Crippen MR) is 74.6 cm³/mol. The van der Waals surface area contributed by atoms with Crippen molar-refractivity contribution in [2.45, 2.75) is 32.3 Å². The summed E-state index contributed by atoms with van der Waals surface area (Å²) in [5.74, 6) is -0.211. The molecule has 0 saturated carbocycles. The lowest BCUT2D eigenvalue weighted by molar-refractivity contribution is 0.0352. The highest BCUT2D eigenvalue weighted by Gasteiger charge is 2.31. The monoisotopic (exact) mass is 285 g/mol. The zero-order chi connectivity index (χ0) is 14.0. The maximum absolute atomic E-state index is 11.9. The van der Waals surface area contributed by atoms with Crippen molar-refractivity contribution in [1.29, 1.82) is 0 Å². The van der Waals surface area contributed by atoms with Crippen LogP contribution in [0, 0.1) is 0 Å². The number of ether oxygens (including phenoxy) is 1. The Hall–Kier alpha value is -1.34. The van der Waals surface area contributed by atoms with Crippen molar-refractivity contribution in [3.63, 3.8) is 0 Å². The molecule has 6 nitrogen and oxygen atoms in total. The number of nitrogens with two attached hydrogens (primary N) is 1. The van der Waals surface area contributed by atoms with Crippen LogP contribution in [-0.4, -0.2) is 40.7 Å². The van der Waals surface area contributed by atoms with Crippen molar-refractivity contribution in [2.75, 3.05) is 30.3 Å². The zero-order valence-corrected chi connectivity index (χ0v) is 12.0. The maximum Gasteiger partial charge on any atom is 0.345 e. The van der Waals surface area contributed by atoms with E-state index in [2.05, 4.69) is 4.37 Å². The fourth-order valence-electron chi connectivity index (χ4n) is 2.10. The molecule has 1 saturated heterocycles. The van der Waals surface area contributed by atoms with Gasteiger partial charge in [-0.05, 0) is 38.2 Å². The molecule has 1 aliphatic heterocycles. The lowest BCUT2D eigenvalue weighted by atomic mass is 9.94. The Morgan fingerprint density at radius 1 is 1.58 bits per heavy atom. The molecule has 2 heterocycles. The molecule has 1 aromatic rings. The molecule has 0 radical (unpaired) electrons. The van der Waals surface area contributed by atoms with Crippen LogP contribution in [0.15, 0.2) is 0 Å². The summed E-state index contributed by atoms with van der Waals surface area (Å²) in [5.41, 5.74) is 5.48. The molecule has 0 spiro atoms. The smallest absolute Gasteiger partial charge is 0.345 e. The number of hydrogen-bond acceptors (Lipinski definition) is 7. The normalized spacial score (nSPS) is 18.4. The van der Waals surface area contributed by atoms with Crippen LogP contribution >= 0.6 is 11.5 Å². The van der Waals surface area contributed by atoms with Gasteiger partial charge in [0.2, 0.25) is 0 Å². The Morgan fingerprint density at radius 2 is 2.21 bits per heavy atom. The van der Waals surface area contributed by atoms with Crippen molar-refractivity contribution in [1.82, 2.24) is 4.37 Å². The third-order valence-electron chi connectivity index (χ3n) is 3.31. The Kier molecular flexibility index (Phi) is 3.96. The van der Waals surface area contributed by atoms with E-state index in [1.54, 1.807) is 6.92 Å². The number of rotatable bonds is 3. The van der Waals surface area contributed by atoms with E-state index in [4.69, 9.17) is 10.5 Å². The van der Waals surface area contributed by atoms with Crippen LogP contribution in [0.1, 0.15) is 37.0 Å². The Balaban J connectivity index is 2.19. The summed E-state index contributed by atoms with van der Waals surface area (Å²) in [7, 11) is 0. The summed E-state index contributed by atoms with van der Waals surface area (Å²) in [4.78, 5) is 13.9. The quantitative estimate of drug-likeness (QED) is 0.813. The number of carbonyl (C=O) groups excluding carboxylic acids is 1. The highest BCUT2D eigenvalue weighted by Crippen LogP contribution is 2.34. The number of nitrogens with zero attached hydrogens (tertiary/aromatic N) is 2. The Labute approximate surface area is 116 Å².